The predicted octanol–water partition coefficient (Wildman–Crippen LogP) is 3.90. The number of hydrogen-bond donors (Lipinski definition) is 1. The lowest BCUT2D eigenvalue weighted by Crippen LogP contribution is -2.36. The van der Waals surface area contributed by atoms with Gasteiger partial charge in [0.1, 0.15) is 10.7 Å². The Kier molecular flexibility index (Phi) is 7.07. The van der Waals surface area contributed by atoms with Crippen molar-refractivity contribution in [2.75, 3.05) is 0 Å². The van der Waals surface area contributed by atoms with Crippen LogP contribution in [0, 0.1) is 0 Å². The van der Waals surface area contributed by atoms with E-state index in [2.05, 4.69) is 10.3 Å². The zero-order chi connectivity index (χ0) is 22.0. The van der Waals surface area contributed by atoms with E-state index in [1.807, 2.05) is 0 Å². The van der Waals surface area contributed by atoms with Gasteiger partial charge in [-0.15, -0.1) is 11.3 Å². The van der Waals surface area contributed by atoms with Crippen molar-refractivity contribution in [2.45, 2.75) is 57.4 Å². The van der Waals surface area contributed by atoms with E-state index in [1.54, 1.807) is 27.7 Å². The Bertz CT molecular complexity index is 970. The van der Waals surface area contributed by atoms with Crippen LogP contribution in [0.15, 0.2) is 34.5 Å². The van der Waals surface area contributed by atoms with Crippen molar-refractivity contribution >= 4 is 27.3 Å². The van der Waals surface area contributed by atoms with E-state index in [1.165, 1.54) is 5.38 Å². The minimum absolute atomic E-state index is 0.0823. The molecule has 1 N–H and O–H groups in total. The molecule has 1 amide bonds. The molecule has 11 heteroatoms. The molecule has 0 radical (unpaired) electrons. The number of halogens is 3. The summed E-state index contributed by atoms with van der Waals surface area (Å²) in [5.74, 6) is -0.376. The van der Waals surface area contributed by atoms with E-state index in [0.717, 1.165) is 33.8 Å². The number of carbonyl (C=O) groups excluding carboxylic acids is 1. The first-order chi connectivity index (χ1) is 13.3. The van der Waals surface area contributed by atoms with Crippen LogP contribution in [0.5, 0.6) is 0 Å². The third kappa shape index (κ3) is 5.77. The Labute approximate surface area is 171 Å². The summed E-state index contributed by atoms with van der Waals surface area (Å²) < 4.78 is 66.0. The summed E-state index contributed by atoms with van der Waals surface area (Å²) in [6, 6.07) is 3.01. The number of nitrogens with zero attached hydrogens (tertiary/aromatic N) is 2. The van der Waals surface area contributed by atoms with E-state index < -0.39 is 32.7 Å². The second-order valence-electron chi connectivity index (χ2n) is 6.92. The van der Waals surface area contributed by atoms with E-state index in [0.29, 0.717) is 11.1 Å². The summed E-state index contributed by atoms with van der Waals surface area (Å²) >= 11 is 1.11. The van der Waals surface area contributed by atoms with Gasteiger partial charge in [0.15, 0.2) is 0 Å². The van der Waals surface area contributed by atoms with Crippen LogP contribution in [-0.4, -0.2) is 35.7 Å². The number of aromatic nitrogens is 1. The molecule has 0 aliphatic carbocycles. The van der Waals surface area contributed by atoms with Gasteiger partial charge in [-0.05, 0) is 45.9 Å². The van der Waals surface area contributed by atoms with Gasteiger partial charge in [0.25, 0.3) is 5.91 Å². The van der Waals surface area contributed by atoms with Gasteiger partial charge in [-0.25, -0.2) is 13.4 Å². The van der Waals surface area contributed by atoms with E-state index in [4.69, 9.17) is 0 Å². The van der Waals surface area contributed by atoms with Gasteiger partial charge >= 0.3 is 6.18 Å². The normalized spacial score (nSPS) is 12.8. The molecule has 0 bridgehead atoms. The molecule has 0 aliphatic heterocycles. The summed E-state index contributed by atoms with van der Waals surface area (Å²) in [4.78, 5) is 15.8. The van der Waals surface area contributed by atoms with Crippen LogP contribution in [0.1, 0.15) is 48.8 Å². The van der Waals surface area contributed by atoms with Gasteiger partial charge in [-0.3, -0.25) is 4.79 Å². The fourth-order valence-electron chi connectivity index (χ4n) is 2.47. The fraction of sp³-hybridized carbons (Fsp3) is 0.444. The number of hydrogen-bond acceptors (Lipinski definition) is 5. The summed E-state index contributed by atoms with van der Waals surface area (Å²) in [5, 5.41) is 4.57. The topological polar surface area (TPSA) is 79.4 Å². The summed E-state index contributed by atoms with van der Waals surface area (Å²) in [6.07, 6.45) is -4.65. The van der Waals surface area contributed by atoms with Crippen molar-refractivity contribution in [1.82, 2.24) is 14.6 Å². The lowest BCUT2D eigenvalue weighted by atomic mass is 10.2. The predicted molar refractivity (Wildman–Crippen MR) is 104 cm³/mol. The number of alkyl halides is 3. The Balaban J connectivity index is 2.32. The molecule has 0 atom stereocenters. The van der Waals surface area contributed by atoms with Crippen LogP contribution < -0.4 is 5.32 Å². The summed E-state index contributed by atoms with van der Waals surface area (Å²) in [5.41, 5.74) is -0.872. The molecule has 1 aromatic carbocycles. The number of carbonyl (C=O) groups is 1. The molecule has 0 unspecified atom stereocenters. The Morgan fingerprint density at radius 2 is 1.90 bits per heavy atom. The zero-order valence-corrected chi connectivity index (χ0v) is 18.0. The van der Waals surface area contributed by atoms with Gasteiger partial charge in [0.2, 0.25) is 10.0 Å². The first-order valence-corrected chi connectivity index (χ1v) is 11.1. The minimum Gasteiger partial charge on any atom is -0.349 e. The molecule has 0 saturated carbocycles. The first kappa shape index (κ1) is 23.3. The number of nitrogens with one attached hydrogen (secondary N) is 1. The van der Waals surface area contributed by atoms with Gasteiger partial charge in [-0.1, -0.05) is 6.07 Å². The maximum atomic E-state index is 13.0. The Morgan fingerprint density at radius 1 is 1.24 bits per heavy atom. The average molecular weight is 450 g/mol. The third-order valence-electron chi connectivity index (χ3n) is 3.84. The van der Waals surface area contributed by atoms with E-state index in [9.17, 15) is 26.4 Å². The van der Waals surface area contributed by atoms with Gasteiger partial charge < -0.3 is 5.32 Å². The molecule has 0 fully saturated rings. The monoisotopic (exact) mass is 449 g/mol. The van der Waals surface area contributed by atoms with Crippen LogP contribution in [0.4, 0.5) is 13.2 Å². The second-order valence-corrected chi connectivity index (χ2v) is 9.76. The Morgan fingerprint density at radius 3 is 2.45 bits per heavy atom. The van der Waals surface area contributed by atoms with Crippen LogP contribution in [0.2, 0.25) is 0 Å². The molecule has 1 heterocycles. The third-order valence-corrected chi connectivity index (χ3v) is 6.69. The van der Waals surface area contributed by atoms with Crippen molar-refractivity contribution in [3.63, 3.8) is 0 Å². The van der Waals surface area contributed by atoms with Crippen LogP contribution in [0.3, 0.4) is 0 Å². The molecular formula is C18H22F3N3O3S2. The highest BCUT2D eigenvalue weighted by atomic mass is 32.2. The fourth-order valence-corrected chi connectivity index (χ4v) is 4.97. The number of benzene rings is 1. The molecule has 160 valence electrons. The quantitative estimate of drug-likeness (QED) is 0.695. The molecule has 0 spiro atoms. The highest BCUT2D eigenvalue weighted by Crippen LogP contribution is 2.32. The molecule has 6 nitrogen and oxygen atoms in total. The molecule has 2 aromatic rings. The van der Waals surface area contributed by atoms with Crippen molar-refractivity contribution in [3.8, 4) is 0 Å². The smallest absolute Gasteiger partial charge is 0.349 e. The van der Waals surface area contributed by atoms with Crippen LogP contribution in [0.25, 0.3) is 0 Å². The maximum absolute atomic E-state index is 13.0. The largest absolute Gasteiger partial charge is 0.416 e. The molecular weight excluding hydrogens is 427 g/mol. The summed E-state index contributed by atoms with van der Waals surface area (Å²) in [7, 11) is -4.21. The second kappa shape index (κ2) is 8.80. The van der Waals surface area contributed by atoms with E-state index in [-0.39, 0.29) is 24.2 Å². The van der Waals surface area contributed by atoms with Crippen molar-refractivity contribution in [3.05, 3.63) is 45.9 Å². The van der Waals surface area contributed by atoms with Crippen molar-refractivity contribution < 1.29 is 26.4 Å². The van der Waals surface area contributed by atoms with Crippen molar-refractivity contribution in [2.24, 2.45) is 0 Å². The lowest BCUT2D eigenvalue weighted by Gasteiger charge is -2.25. The van der Waals surface area contributed by atoms with Crippen LogP contribution in [-0.2, 0) is 22.7 Å². The standard InChI is InChI=1S/C18H22F3N3O3S2/c1-11(2)22-17(25)15-10-28-16(23-15)9-24(12(3)4)29(26,27)14-7-5-6-13(8-14)18(19,20)21/h5-8,10-12H,9H2,1-4H3,(H,22,25). The summed E-state index contributed by atoms with van der Waals surface area (Å²) in [6.45, 7) is 6.67. The Hall–Kier alpha value is -1.98. The van der Waals surface area contributed by atoms with Gasteiger partial charge in [0, 0.05) is 17.5 Å². The first-order valence-electron chi connectivity index (χ1n) is 8.76. The SMILES string of the molecule is CC(C)NC(=O)c1csc(CN(C(C)C)S(=O)(=O)c2cccc(C(F)(F)F)c2)n1. The maximum Gasteiger partial charge on any atom is 0.416 e. The molecule has 1 aromatic heterocycles. The number of thiazole rings is 1. The highest BCUT2D eigenvalue weighted by Gasteiger charge is 2.34. The van der Waals surface area contributed by atoms with Gasteiger partial charge in [-0.2, -0.15) is 17.5 Å². The number of amides is 1. The molecule has 29 heavy (non-hydrogen) atoms. The lowest BCUT2D eigenvalue weighted by molar-refractivity contribution is -0.137. The van der Waals surface area contributed by atoms with E-state index >= 15 is 0 Å². The highest BCUT2D eigenvalue weighted by molar-refractivity contribution is 7.89. The van der Waals surface area contributed by atoms with Crippen LogP contribution >= 0.6 is 11.3 Å². The number of rotatable bonds is 7. The molecule has 0 aliphatic rings. The molecule has 0 saturated heterocycles. The van der Waals surface area contributed by atoms with Crippen molar-refractivity contribution in [1.29, 1.82) is 0 Å². The van der Waals surface area contributed by atoms with Gasteiger partial charge in [0.05, 0.1) is 17.0 Å². The minimum atomic E-state index is -4.65. The number of sulfonamides is 1. The zero-order valence-electron chi connectivity index (χ0n) is 16.3. The average Bonchev–Trinajstić information content (AvgIpc) is 3.07. The molecule has 2 rings (SSSR count).